The first-order valence-corrected chi connectivity index (χ1v) is 22.5. The fourth-order valence-electron chi connectivity index (χ4n) is 2.68. The summed E-state index contributed by atoms with van der Waals surface area (Å²) in [6.07, 6.45) is 7.85. The van der Waals surface area contributed by atoms with E-state index in [0.29, 0.717) is 17.4 Å². The zero-order valence-electron chi connectivity index (χ0n) is 45.5. The van der Waals surface area contributed by atoms with Gasteiger partial charge in [0.1, 0.15) is 5.82 Å². The Hall–Kier alpha value is -2.73. The number of nitrogens with one attached hydrogen (secondary N) is 1. The molecule has 4 aromatic rings. The molecule has 0 heterocycles. The minimum absolute atomic E-state index is 0. The quantitative estimate of drug-likeness (QED) is 0.0846. The molecule has 0 aromatic heterocycles. The second-order valence-corrected chi connectivity index (χ2v) is 9.89. The number of ether oxygens (including phenoxy) is 1. The Morgan fingerprint density at radius 1 is 0.529 bits per heavy atom. The average Bonchev–Trinajstić information content (AvgIpc) is 3.34. The molecule has 4 aromatic carbocycles. The van der Waals surface area contributed by atoms with Gasteiger partial charge in [-0.3, -0.25) is 14.3 Å². The molecule has 0 aliphatic carbocycles. The molecule has 0 radical (unpaired) electrons. The van der Waals surface area contributed by atoms with Crippen molar-refractivity contribution in [1.29, 1.82) is 0 Å². The van der Waals surface area contributed by atoms with E-state index >= 15 is 0 Å². The van der Waals surface area contributed by atoms with Gasteiger partial charge in [0, 0.05) is 21.1 Å². The van der Waals surface area contributed by atoms with E-state index in [0.717, 1.165) is 24.2 Å². The second kappa shape index (κ2) is 97.9. The molecule has 0 bridgehead atoms. The summed E-state index contributed by atoms with van der Waals surface area (Å²) in [5.74, 6) is -1.49. The monoisotopic (exact) mass is 1650 g/mol. The van der Waals surface area contributed by atoms with Gasteiger partial charge in [-0.1, -0.05) is 123 Å². The topological polar surface area (TPSA) is 124 Å². The van der Waals surface area contributed by atoms with Gasteiger partial charge in [0.2, 0.25) is 15.9 Å². The van der Waals surface area contributed by atoms with Crippen LogP contribution in [-0.2, 0) is 109 Å². The summed E-state index contributed by atoms with van der Waals surface area (Å²) in [7, 11) is -2.14. The maximum Gasteiger partial charge on any atom is 2.00 e. The van der Waals surface area contributed by atoms with Crippen LogP contribution in [0.1, 0.15) is 143 Å². The van der Waals surface area contributed by atoms with Gasteiger partial charge < -0.3 is 39.2 Å². The van der Waals surface area contributed by atoms with E-state index < -0.39 is 21.7 Å². The Labute approximate surface area is 477 Å². The predicted molar refractivity (Wildman–Crippen MR) is 283 cm³/mol. The Morgan fingerprint density at radius 3 is 1.07 bits per heavy atom. The summed E-state index contributed by atoms with van der Waals surface area (Å²) < 4.78 is 40.0. The molecule has 1 N–H and O–H groups in total. The number of carbonyl (C=O) groups is 4. The largest absolute Gasteiger partial charge is 2.00 e. The van der Waals surface area contributed by atoms with Gasteiger partial charge in [0.15, 0.2) is 6.29 Å². The van der Waals surface area contributed by atoms with Gasteiger partial charge in [0.05, 0.1) is 25.2 Å². The number of rotatable bonds is 7. The molecule has 1 amide bonds. The SMILES string of the molecule is CC.CC.CC.CC.CC.CC.CC.CC.COC(=O)/C=C/c1[c-]cccc1.CS(=O)(=O)NC(=O)/C=C/c1[c-]cccc1.O=Cc1[c-]cccc1.O=Cc1ccccc1F.[CH3-].[CH3-].[CH3-].[CH3-].[W+2].[W+2].[W+2].[W]. The van der Waals surface area contributed by atoms with Gasteiger partial charge in [-0.2, -0.15) is 11.1 Å². The van der Waals surface area contributed by atoms with Crippen LogP contribution in [0.25, 0.3) is 12.2 Å². The maximum absolute atomic E-state index is 12.4. The second-order valence-electron chi connectivity index (χ2n) is 8.14. The number of esters is 1. The van der Waals surface area contributed by atoms with Crippen LogP contribution in [0.15, 0.2) is 109 Å². The van der Waals surface area contributed by atoms with Gasteiger partial charge in [0.25, 0.3) is 0 Å². The number of methoxy groups -OCH3 is 1. The van der Waals surface area contributed by atoms with Crippen LogP contribution in [-0.4, -0.2) is 46.2 Å². The third-order valence-corrected chi connectivity index (χ3v) is 5.23. The molecular weight excluding hydrogens is 1560 g/mol. The molecule has 4 rings (SSSR count). The molecule has 390 valence electrons. The van der Waals surface area contributed by atoms with Crippen LogP contribution in [0, 0.1) is 53.7 Å². The van der Waals surface area contributed by atoms with Crippen molar-refractivity contribution < 1.29 is 121 Å². The van der Waals surface area contributed by atoms with Crippen LogP contribution in [0.3, 0.4) is 0 Å². The molecule has 0 unspecified atom stereocenters. The summed E-state index contributed by atoms with van der Waals surface area (Å²) >= 11 is 0. The number of hydrogen-bond acceptors (Lipinski definition) is 7. The van der Waals surface area contributed by atoms with Crippen LogP contribution in [0.2, 0.25) is 0 Å². The molecule has 0 atom stereocenters. The first-order valence-electron chi connectivity index (χ1n) is 20.6. The van der Waals surface area contributed by atoms with Crippen molar-refractivity contribution in [3.63, 3.8) is 0 Å². The number of carbonyl (C=O) groups excluding carboxylic acids is 4. The minimum Gasteiger partial charge on any atom is -0.466 e. The van der Waals surface area contributed by atoms with E-state index in [1.807, 2.05) is 140 Å². The Morgan fingerprint density at radius 2 is 0.838 bits per heavy atom. The fraction of sp³-hybridized carbons (Fsp3) is 0.333. The summed E-state index contributed by atoms with van der Waals surface area (Å²) in [6, 6.07) is 35.9. The molecule has 0 fully saturated rings. The number of aldehydes is 2. The molecule has 0 aliphatic rings. The molecule has 68 heavy (non-hydrogen) atoms. The van der Waals surface area contributed by atoms with E-state index in [2.05, 4.69) is 22.9 Å². The van der Waals surface area contributed by atoms with Crippen LogP contribution < -0.4 is 4.72 Å². The average molecular weight is 1650 g/mol. The van der Waals surface area contributed by atoms with Crippen molar-refractivity contribution in [1.82, 2.24) is 4.72 Å². The molecule has 0 aliphatic heterocycles. The molecule has 0 saturated carbocycles. The van der Waals surface area contributed by atoms with Crippen molar-refractivity contribution in [2.75, 3.05) is 13.4 Å². The van der Waals surface area contributed by atoms with Crippen LogP contribution >= 0.6 is 0 Å². The first-order chi connectivity index (χ1) is 29.1. The van der Waals surface area contributed by atoms with Crippen molar-refractivity contribution in [2.24, 2.45) is 0 Å². The van der Waals surface area contributed by atoms with E-state index in [4.69, 9.17) is 0 Å². The van der Waals surface area contributed by atoms with Gasteiger partial charge in [-0.05, 0) is 24.3 Å². The maximum atomic E-state index is 12.4. The zero-order chi connectivity index (χ0) is 48.6. The van der Waals surface area contributed by atoms with Gasteiger partial charge in [-0.25, -0.2) is 17.6 Å². The Balaban J connectivity index is -0.0000000336. The van der Waals surface area contributed by atoms with Gasteiger partial charge >= 0.3 is 69.2 Å². The third-order valence-electron chi connectivity index (χ3n) is 4.66. The Kier molecular flexibility index (Phi) is 160. The first kappa shape index (κ1) is 111. The molecule has 14 heteroatoms. The van der Waals surface area contributed by atoms with Crippen molar-refractivity contribution in [3.8, 4) is 0 Å². The number of benzene rings is 4. The zero-order valence-corrected chi connectivity index (χ0v) is 58.0. The van der Waals surface area contributed by atoms with Gasteiger partial charge in [-0.15, -0.1) is 109 Å². The van der Waals surface area contributed by atoms with Crippen LogP contribution in [0.5, 0.6) is 0 Å². The molecule has 0 spiro atoms. The number of hydrogen-bond donors (Lipinski definition) is 1. The van der Waals surface area contributed by atoms with E-state index in [1.165, 1.54) is 31.4 Å². The number of amides is 1. The fourth-order valence-corrected chi connectivity index (χ4v) is 3.11. The van der Waals surface area contributed by atoms with Crippen molar-refractivity contribution >= 4 is 46.6 Å². The van der Waals surface area contributed by atoms with Crippen molar-refractivity contribution in [3.05, 3.63) is 185 Å². The van der Waals surface area contributed by atoms with E-state index in [9.17, 15) is 32.0 Å². The summed E-state index contributed by atoms with van der Waals surface area (Å²) in [4.78, 5) is 41.7. The summed E-state index contributed by atoms with van der Waals surface area (Å²) in [5.41, 5.74) is 2.29. The summed E-state index contributed by atoms with van der Waals surface area (Å²) in [6.45, 7) is 32.0. The van der Waals surface area contributed by atoms with Crippen LogP contribution in [0.4, 0.5) is 4.39 Å². The van der Waals surface area contributed by atoms with E-state index in [-0.39, 0.29) is 126 Å². The standard InChI is InChI=1S/C10H10NO3S.C10H9O2.C7H5FO.C7H5O.8C2H6.4CH3.4W/c1-15(13,14)11-10(12)8-7-9-5-3-2-4-6-9;1-12-10(11)8-7-9-5-3-2-4-6-9;8-7-4-2-1-3-6(7)5-9;8-6-7-4-2-1-3-5-7;8*1-2;;;;;;;;/h2-5,7-8H,1H3,(H,11,12);2-5,7-8H,1H3;1-5H;1-4,6H;8*1-2H3;4*1H3;;;;/q2*-1;;-1;;;;;;;;;4*-1;;3*+2/b2*8-7+;;;;;;;;;;;;;;;;;;. The molecule has 0 saturated heterocycles. The third kappa shape index (κ3) is 86.5. The minimum atomic E-state index is -3.49. The number of sulfonamides is 1. The smallest absolute Gasteiger partial charge is 0.466 e. The predicted octanol–water partition coefficient (Wildman–Crippen LogP) is 15.2. The number of halogens is 1. The molecular formula is C54H89FNO7SW4-. The van der Waals surface area contributed by atoms with E-state index in [1.54, 1.807) is 66.7 Å². The summed E-state index contributed by atoms with van der Waals surface area (Å²) in [5, 5.41) is 0. The molecule has 8 nitrogen and oxygen atoms in total. The van der Waals surface area contributed by atoms with Crippen molar-refractivity contribution in [2.45, 2.75) is 111 Å². The Bertz CT molecular complexity index is 1640. The normalized spacial score (nSPS) is 7.22.